The van der Waals surface area contributed by atoms with Crippen LogP contribution in [0.25, 0.3) is 0 Å². The molecule has 1 unspecified atom stereocenters. The zero-order valence-electron chi connectivity index (χ0n) is 18.5. The Bertz CT molecular complexity index is 958. The summed E-state index contributed by atoms with van der Waals surface area (Å²) in [7, 11) is 2.85. The smallest absolute Gasteiger partial charge is 0.244 e. The Morgan fingerprint density at radius 1 is 0.903 bits per heavy atom. The highest BCUT2D eigenvalue weighted by Gasteiger charge is 2.27. The van der Waals surface area contributed by atoms with Crippen LogP contribution in [0.4, 0.5) is 0 Å². The molecule has 0 radical (unpaired) electrons. The molecule has 1 aliphatic rings. The lowest BCUT2D eigenvalue weighted by molar-refractivity contribution is 0.113. The van der Waals surface area contributed by atoms with Crippen molar-refractivity contribution in [3.05, 3.63) is 48.0 Å². The van der Waals surface area contributed by atoms with Crippen LogP contribution in [0, 0.1) is 0 Å². The Morgan fingerprint density at radius 2 is 1.52 bits per heavy atom. The topological polar surface area (TPSA) is 80.3 Å². The number of hydrogen-bond donors (Lipinski definition) is 1. The van der Waals surface area contributed by atoms with E-state index in [2.05, 4.69) is 21.6 Å². The van der Waals surface area contributed by atoms with E-state index in [-0.39, 0.29) is 23.2 Å². The molecule has 1 aliphatic heterocycles. The van der Waals surface area contributed by atoms with Gasteiger partial charge in [-0.25, -0.2) is 13.1 Å². The van der Waals surface area contributed by atoms with Crippen molar-refractivity contribution >= 4 is 10.0 Å². The van der Waals surface area contributed by atoms with Gasteiger partial charge in [0.05, 0.1) is 21.3 Å². The first-order chi connectivity index (χ1) is 14.9. The zero-order chi connectivity index (χ0) is 22.4. The molecule has 1 saturated heterocycles. The van der Waals surface area contributed by atoms with Gasteiger partial charge in [-0.05, 0) is 36.9 Å². The molecular formula is C22H31N3O5S. The molecule has 8 nitrogen and oxygen atoms in total. The lowest BCUT2D eigenvalue weighted by atomic mass is 10.0. The number of likely N-dealkylation sites (N-methyl/N-ethyl adjacent to an activating group) is 1. The van der Waals surface area contributed by atoms with E-state index in [0.717, 1.165) is 37.5 Å². The molecule has 1 fully saturated rings. The summed E-state index contributed by atoms with van der Waals surface area (Å²) in [6.07, 6.45) is 0. The summed E-state index contributed by atoms with van der Waals surface area (Å²) < 4.78 is 44.8. The van der Waals surface area contributed by atoms with Crippen molar-refractivity contribution in [2.75, 3.05) is 61.1 Å². The van der Waals surface area contributed by atoms with E-state index < -0.39 is 10.0 Å². The number of ether oxygens (including phenoxy) is 3. The third-order valence-corrected chi connectivity index (χ3v) is 7.05. The number of nitrogens with zero attached hydrogens (tertiary/aromatic N) is 2. The summed E-state index contributed by atoms with van der Waals surface area (Å²) in [5, 5.41) is 0. The third-order valence-electron chi connectivity index (χ3n) is 5.61. The highest BCUT2D eigenvalue weighted by Crippen LogP contribution is 2.29. The molecule has 3 rings (SSSR count). The second-order valence-electron chi connectivity index (χ2n) is 7.50. The normalized spacial score (nSPS) is 16.6. The van der Waals surface area contributed by atoms with Gasteiger partial charge in [0.25, 0.3) is 0 Å². The SMILES string of the molecule is COc1ccc(C(CNS(=O)(=O)c2cc(OC)ccc2OC)N2CCN(C)CC2)cc1. The fourth-order valence-electron chi connectivity index (χ4n) is 3.68. The van der Waals surface area contributed by atoms with Gasteiger partial charge in [-0.2, -0.15) is 0 Å². The second kappa shape index (κ2) is 10.3. The maximum Gasteiger partial charge on any atom is 0.244 e. The summed E-state index contributed by atoms with van der Waals surface area (Å²) in [4.78, 5) is 4.64. The van der Waals surface area contributed by atoms with Gasteiger partial charge in [0.1, 0.15) is 22.1 Å². The molecule has 9 heteroatoms. The van der Waals surface area contributed by atoms with Crippen molar-refractivity contribution in [1.82, 2.24) is 14.5 Å². The number of methoxy groups -OCH3 is 3. The van der Waals surface area contributed by atoms with Crippen LogP contribution >= 0.6 is 0 Å². The fraction of sp³-hybridized carbons (Fsp3) is 0.455. The Kier molecular flexibility index (Phi) is 7.77. The highest BCUT2D eigenvalue weighted by atomic mass is 32.2. The Labute approximate surface area is 184 Å². The molecule has 0 bridgehead atoms. The van der Waals surface area contributed by atoms with Gasteiger partial charge < -0.3 is 19.1 Å². The molecule has 31 heavy (non-hydrogen) atoms. The second-order valence-corrected chi connectivity index (χ2v) is 9.23. The third kappa shape index (κ3) is 5.68. The quantitative estimate of drug-likeness (QED) is 0.627. The Morgan fingerprint density at radius 3 is 2.10 bits per heavy atom. The van der Waals surface area contributed by atoms with Crippen LogP contribution < -0.4 is 18.9 Å². The van der Waals surface area contributed by atoms with E-state index in [1.807, 2.05) is 24.3 Å². The van der Waals surface area contributed by atoms with E-state index in [1.165, 1.54) is 20.3 Å². The molecule has 1 N–H and O–H groups in total. The van der Waals surface area contributed by atoms with Gasteiger partial charge in [-0.3, -0.25) is 4.90 Å². The van der Waals surface area contributed by atoms with Gasteiger partial charge in [-0.1, -0.05) is 12.1 Å². The van der Waals surface area contributed by atoms with Crippen LogP contribution in [-0.4, -0.2) is 79.3 Å². The first kappa shape index (κ1) is 23.3. The van der Waals surface area contributed by atoms with Crippen LogP contribution in [0.15, 0.2) is 47.4 Å². The van der Waals surface area contributed by atoms with Gasteiger partial charge in [0.15, 0.2) is 0 Å². The average molecular weight is 450 g/mol. The number of sulfonamides is 1. The monoisotopic (exact) mass is 449 g/mol. The van der Waals surface area contributed by atoms with Crippen molar-refractivity contribution in [2.45, 2.75) is 10.9 Å². The number of benzene rings is 2. The van der Waals surface area contributed by atoms with E-state index in [4.69, 9.17) is 14.2 Å². The molecule has 2 aromatic rings. The molecule has 0 aromatic heterocycles. The van der Waals surface area contributed by atoms with Gasteiger partial charge in [0.2, 0.25) is 10.0 Å². The van der Waals surface area contributed by atoms with Crippen molar-refractivity contribution in [2.24, 2.45) is 0 Å². The standard InChI is InChI=1S/C22H31N3O5S/c1-24-11-13-25(14-12-24)20(17-5-7-18(28-2)8-6-17)16-23-31(26,27)22-15-19(29-3)9-10-21(22)30-4/h5-10,15,20,23H,11-14,16H2,1-4H3. The van der Waals surface area contributed by atoms with Crippen molar-refractivity contribution in [3.63, 3.8) is 0 Å². The van der Waals surface area contributed by atoms with Crippen LogP contribution in [0.2, 0.25) is 0 Å². The first-order valence-electron chi connectivity index (χ1n) is 10.2. The van der Waals surface area contributed by atoms with Crippen molar-refractivity contribution in [1.29, 1.82) is 0 Å². The molecule has 1 atom stereocenters. The van der Waals surface area contributed by atoms with E-state index in [9.17, 15) is 8.42 Å². The zero-order valence-corrected chi connectivity index (χ0v) is 19.3. The summed E-state index contributed by atoms with van der Waals surface area (Å²) in [5.74, 6) is 1.49. The molecular weight excluding hydrogens is 418 g/mol. The molecule has 2 aromatic carbocycles. The average Bonchev–Trinajstić information content (AvgIpc) is 2.80. The van der Waals surface area contributed by atoms with Gasteiger partial charge in [0, 0.05) is 44.8 Å². The Hall–Kier alpha value is -2.33. The number of rotatable bonds is 9. The summed E-state index contributed by atoms with van der Waals surface area (Å²) in [6.45, 7) is 3.82. The van der Waals surface area contributed by atoms with Gasteiger partial charge in [-0.15, -0.1) is 0 Å². The Balaban J connectivity index is 1.85. The maximum atomic E-state index is 13.2. The van der Waals surface area contributed by atoms with E-state index in [1.54, 1.807) is 19.2 Å². The van der Waals surface area contributed by atoms with Crippen LogP contribution in [-0.2, 0) is 10.0 Å². The fourth-order valence-corrected chi connectivity index (χ4v) is 4.90. The number of hydrogen-bond acceptors (Lipinski definition) is 7. The lowest BCUT2D eigenvalue weighted by Crippen LogP contribution is -2.48. The van der Waals surface area contributed by atoms with Gasteiger partial charge >= 0.3 is 0 Å². The molecule has 170 valence electrons. The molecule has 0 amide bonds. The predicted octanol–water partition coefficient (Wildman–Crippen LogP) is 1.98. The van der Waals surface area contributed by atoms with Crippen molar-refractivity contribution < 1.29 is 22.6 Å². The minimum absolute atomic E-state index is 0.0567. The van der Waals surface area contributed by atoms with E-state index in [0.29, 0.717) is 5.75 Å². The molecule has 0 aliphatic carbocycles. The summed E-state index contributed by atoms with van der Waals surface area (Å²) >= 11 is 0. The van der Waals surface area contributed by atoms with Crippen LogP contribution in [0.3, 0.4) is 0 Å². The maximum absolute atomic E-state index is 13.2. The number of nitrogens with one attached hydrogen (secondary N) is 1. The van der Waals surface area contributed by atoms with Crippen LogP contribution in [0.1, 0.15) is 11.6 Å². The van der Waals surface area contributed by atoms with E-state index >= 15 is 0 Å². The molecule has 0 saturated carbocycles. The minimum atomic E-state index is -3.82. The molecule has 1 heterocycles. The van der Waals surface area contributed by atoms with Crippen LogP contribution in [0.5, 0.6) is 17.2 Å². The summed E-state index contributed by atoms with van der Waals surface area (Å²) in [6, 6.07) is 12.4. The lowest BCUT2D eigenvalue weighted by Gasteiger charge is -2.38. The first-order valence-corrected chi connectivity index (χ1v) is 11.6. The molecule has 0 spiro atoms. The van der Waals surface area contributed by atoms with Crippen molar-refractivity contribution in [3.8, 4) is 17.2 Å². The number of piperazine rings is 1. The highest BCUT2D eigenvalue weighted by molar-refractivity contribution is 7.89. The minimum Gasteiger partial charge on any atom is -0.497 e. The predicted molar refractivity (Wildman–Crippen MR) is 120 cm³/mol. The largest absolute Gasteiger partial charge is 0.497 e. The summed E-state index contributed by atoms with van der Waals surface area (Å²) in [5.41, 5.74) is 1.03.